The molecule has 2 aliphatic rings. The number of anilines is 1. The number of benzene rings is 1. The highest BCUT2D eigenvalue weighted by Gasteiger charge is 2.40. The van der Waals surface area contributed by atoms with Gasteiger partial charge >= 0.3 is 0 Å². The molecule has 0 amide bonds. The Bertz CT molecular complexity index is 1250. The Morgan fingerprint density at radius 3 is 2.74 bits per heavy atom. The van der Waals surface area contributed by atoms with Crippen molar-refractivity contribution in [2.24, 2.45) is 16.8 Å². The van der Waals surface area contributed by atoms with Gasteiger partial charge in [-0.3, -0.25) is 14.5 Å². The number of ketones is 1. The molecule has 2 aromatic rings. The minimum absolute atomic E-state index is 0.00939. The molecule has 11 heteroatoms. The van der Waals surface area contributed by atoms with Gasteiger partial charge in [0.05, 0.1) is 23.7 Å². The van der Waals surface area contributed by atoms with E-state index in [0.717, 1.165) is 17.0 Å². The van der Waals surface area contributed by atoms with Crippen molar-refractivity contribution in [1.29, 1.82) is 0 Å². The third-order valence-corrected chi connectivity index (χ3v) is 8.14. The average Bonchev–Trinajstić information content (AvgIpc) is 3.26. The van der Waals surface area contributed by atoms with E-state index in [1.165, 1.54) is 17.4 Å². The normalized spacial score (nSPS) is 20.5. The number of nitrogens with one attached hydrogen (secondary N) is 2. The Kier molecular flexibility index (Phi) is 5.65. The first kappa shape index (κ1) is 21.9. The molecule has 31 heavy (non-hydrogen) atoms. The van der Waals surface area contributed by atoms with E-state index < -0.39 is 50.5 Å². The van der Waals surface area contributed by atoms with Crippen LogP contribution in [-0.4, -0.2) is 26.6 Å². The van der Waals surface area contributed by atoms with E-state index in [1.54, 1.807) is 20.0 Å². The maximum atomic E-state index is 15.2. The summed E-state index contributed by atoms with van der Waals surface area (Å²) < 4.78 is 57.4. The molecule has 0 bridgehead atoms. The van der Waals surface area contributed by atoms with Crippen molar-refractivity contribution in [3.8, 4) is 0 Å². The molecule has 0 saturated carbocycles. The number of hydrogen-bond donors (Lipinski definition) is 2. The molecule has 0 spiro atoms. The van der Waals surface area contributed by atoms with Gasteiger partial charge in [0.2, 0.25) is 0 Å². The number of aryl methyl sites for hydroxylation is 2. The molecule has 164 valence electrons. The van der Waals surface area contributed by atoms with E-state index >= 15 is 4.39 Å². The third-order valence-electron chi connectivity index (χ3n) is 5.29. The molecule has 3 heterocycles. The first-order valence-corrected chi connectivity index (χ1v) is 12.0. The van der Waals surface area contributed by atoms with E-state index in [4.69, 9.17) is 11.6 Å². The summed E-state index contributed by atoms with van der Waals surface area (Å²) in [5, 5.41) is 3.37. The quantitative estimate of drug-likeness (QED) is 0.616. The van der Waals surface area contributed by atoms with Crippen LogP contribution in [0.25, 0.3) is 0 Å². The summed E-state index contributed by atoms with van der Waals surface area (Å²) in [6.45, 7) is 3.45. The smallest absolute Gasteiger partial charge is 0.263 e. The second-order valence-electron chi connectivity index (χ2n) is 7.41. The van der Waals surface area contributed by atoms with Crippen LogP contribution in [0.4, 0.5) is 14.5 Å². The van der Waals surface area contributed by atoms with Gasteiger partial charge in [0, 0.05) is 26.9 Å². The summed E-state index contributed by atoms with van der Waals surface area (Å²) in [5.74, 6) is -3.77. The molecule has 2 aliphatic heterocycles. The van der Waals surface area contributed by atoms with E-state index in [-0.39, 0.29) is 11.4 Å². The van der Waals surface area contributed by atoms with Crippen molar-refractivity contribution >= 4 is 50.3 Å². The van der Waals surface area contributed by atoms with Crippen LogP contribution in [0.2, 0.25) is 0 Å². The molecule has 1 aromatic heterocycles. The number of halogens is 3. The van der Waals surface area contributed by atoms with Gasteiger partial charge in [0.25, 0.3) is 10.0 Å². The van der Waals surface area contributed by atoms with Gasteiger partial charge in [-0.05, 0) is 38.5 Å². The van der Waals surface area contributed by atoms with Crippen LogP contribution in [0, 0.1) is 37.3 Å². The fourth-order valence-corrected chi connectivity index (χ4v) is 6.66. The first-order valence-electron chi connectivity index (χ1n) is 9.36. The zero-order chi connectivity index (χ0) is 22.5. The number of Topliss-reactive ketones (excluding diaryl/α,β-unsaturated/α-hetero) is 1. The molecule has 0 saturated heterocycles. The molecule has 0 fully saturated rings. The summed E-state index contributed by atoms with van der Waals surface area (Å²) in [4.78, 5) is 18.6. The highest BCUT2D eigenvalue weighted by molar-refractivity contribution is 7.93. The topological polar surface area (TPSA) is 87.6 Å². The van der Waals surface area contributed by atoms with Gasteiger partial charge < -0.3 is 5.32 Å². The lowest BCUT2D eigenvalue weighted by Crippen LogP contribution is -2.35. The Hall–Kier alpha value is -2.30. The molecule has 6 nitrogen and oxygen atoms in total. The number of hydrogen-bond acceptors (Lipinski definition) is 6. The second-order valence-corrected chi connectivity index (χ2v) is 11.0. The number of amidine groups is 1. The van der Waals surface area contributed by atoms with E-state index in [1.807, 2.05) is 0 Å². The zero-order valence-electron chi connectivity index (χ0n) is 16.5. The molecular formula is C20H18ClF2N3O3S2. The van der Waals surface area contributed by atoms with E-state index in [0.29, 0.717) is 22.2 Å². The number of carbonyl (C=O) groups excluding carboxylic acids is 1. The number of allylic oxidation sites excluding steroid dienone is 1. The van der Waals surface area contributed by atoms with Gasteiger partial charge in [-0.1, -0.05) is 11.6 Å². The van der Waals surface area contributed by atoms with E-state index in [9.17, 15) is 17.6 Å². The molecular weight excluding hydrogens is 468 g/mol. The molecule has 0 radical (unpaired) electrons. The summed E-state index contributed by atoms with van der Waals surface area (Å²) in [7, 11) is -4.12. The Labute approximate surface area is 187 Å². The van der Waals surface area contributed by atoms with Gasteiger partial charge in [0.1, 0.15) is 16.5 Å². The summed E-state index contributed by atoms with van der Waals surface area (Å²) in [6, 6.07) is 3.31. The van der Waals surface area contributed by atoms with Crippen molar-refractivity contribution in [3.05, 3.63) is 56.4 Å². The minimum atomic E-state index is -4.12. The lowest BCUT2D eigenvalue weighted by atomic mass is 9.83. The fraction of sp³-hybridized carbons (Fsp3) is 0.300. The first-order chi connectivity index (χ1) is 14.6. The van der Waals surface area contributed by atoms with Crippen LogP contribution in [0.5, 0.6) is 0 Å². The predicted octanol–water partition coefficient (Wildman–Crippen LogP) is 4.34. The maximum Gasteiger partial charge on any atom is 0.263 e. The zero-order valence-corrected chi connectivity index (χ0v) is 18.9. The number of fused-ring (bicyclic) bond motifs is 1. The highest BCUT2D eigenvalue weighted by Crippen LogP contribution is 2.35. The average molecular weight is 486 g/mol. The van der Waals surface area contributed by atoms with Crippen LogP contribution in [0.1, 0.15) is 26.5 Å². The minimum Gasteiger partial charge on any atom is -0.349 e. The van der Waals surface area contributed by atoms with Crippen LogP contribution < -0.4 is 10.0 Å². The molecule has 2 atom stereocenters. The summed E-state index contributed by atoms with van der Waals surface area (Å²) in [6.07, 6.45) is 1.89. The maximum absolute atomic E-state index is 15.2. The Morgan fingerprint density at radius 2 is 2.06 bits per heavy atom. The van der Waals surface area contributed by atoms with Crippen LogP contribution in [0.15, 0.2) is 39.3 Å². The Morgan fingerprint density at radius 1 is 1.32 bits per heavy atom. The van der Waals surface area contributed by atoms with Crippen molar-refractivity contribution in [3.63, 3.8) is 0 Å². The molecule has 2 N–H and O–H groups in total. The van der Waals surface area contributed by atoms with Crippen LogP contribution >= 0.6 is 22.9 Å². The molecule has 4 rings (SSSR count). The number of sulfonamides is 1. The predicted molar refractivity (Wildman–Crippen MR) is 116 cm³/mol. The number of nitrogens with zero attached hydrogens (tertiary/aromatic N) is 1. The summed E-state index contributed by atoms with van der Waals surface area (Å²) in [5.41, 5.74) is -1.28. The lowest BCUT2D eigenvalue weighted by molar-refractivity contribution is 0.0899. The van der Waals surface area contributed by atoms with Gasteiger partial charge in [0.15, 0.2) is 11.6 Å². The van der Waals surface area contributed by atoms with E-state index in [2.05, 4.69) is 15.0 Å². The lowest BCUT2D eigenvalue weighted by Gasteiger charge is -2.23. The standard InChI is InChI=1S/C20H18ClF2N3O3S2/c1-9-5-16(10(2)30-9)31(28,29)26-15-4-3-14(22)17(18(15)23)19(27)13-8-25-20-12(13)6-11(21)7-24-20/h3-5,7,12-13,26H,6,8H2,1-2H3,(H,24,25)/t12?,13-/m0/s1. The molecule has 0 aliphatic carbocycles. The van der Waals surface area contributed by atoms with Crippen molar-refractivity contribution in [2.75, 3.05) is 11.3 Å². The monoisotopic (exact) mass is 485 g/mol. The SMILES string of the molecule is Cc1cc(S(=O)(=O)Nc2ccc(F)c(C(=O)[C@H]3CN=C4NC=C(Cl)CC43)c2F)c(C)s1. The molecule has 1 unspecified atom stereocenters. The van der Waals surface area contributed by atoms with Crippen LogP contribution in [0.3, 0.4) is 0 Å². The molecule has 1 aromatic carbocycles. The fourth-order valence-electron chi connectivity index (χ4n) is 3.83. The number of thiophene rings is 1. The second kappa shape index (κ2) is 7.99. The third kappa shape index (κ3) is 3.99. The van der Waals surface area contributed by atoms with Gasteiger partial charge in [-0.2, -0.15) is 0 Å². The number of aliphatic imine (C=N–C) groups is 1. The van der Waals surface area contributed by atoms with Crippen molar-refractivity contribution < 1.29 is 22.0 Å². The van der Waals surface area contributed by atoms with Gasteiger partial charge in [-0.15, -0.1) is 11.3 Å². The largest absolute Gasteiger partial charge is 0.349 e. The Balaban J connectivity index is 1.66. The van der Waals surface area contributed by atoms with Gasteiger partial charge in [-0.25, -0.2) is 17.2 Å². The number of rotatable bonds is 5. The van der Waals surface area contributed by atoms with Crippen molar-refractivity contribution in [2.45, 2.75) is 25.2 Å². The summed E-state index contributed by atoms with van der Waals surface area (Å²) >= 11 is 7.33. The number of carbonyl (C=O) groups is 1. The van der Waals surface area contributed by atoms with Crippen LogP contribution in [-0.2, 0) is 10.0 Å². The van der Waals surface area contributed by atoms with Crippen molar-refractivity contribution in [1.82, 2.24) is 5.32 Å². The highest BCUT2D eigenvalue weighted by atomic mass is 35.5.